The zero-order chi connectivity index (χ0) is 14.9. The topological polar surface area (TPSA) is 28.2 Å². The predicted octanol–water partition coefficient (Wildman–Crippen LogP) is 4.42. The van der Waals surface area contributed by atoms with Crippen LogP contribution in [0.1, 0.15) is 30.4 Å². The molecule has 4 heteroatoms. The van der Waals surface area contributed by atoms with Gasteiger partial charge in [-0.25, -0.2) is 4.98 Å². The first-order chi connectivity index (χ1) is 10.8. The lowest BCUT2D eigenvalue weighted by Gasteiger charge is -2.33. The molecule has 4 rings (SSSR count). The fourth-order valence-electron chi connectivity index (χ4n) is 3.20. The van der Waals surface area contributed by atoms with Crippen LogP contribution in [-0.4, -0.2) is 17.6 Å². The van der Waals surface area contributed by atoms with Gasteiger partial charge in [0.1, 0.15) is 5.03 Å². The molecule has 0 bridgehead atoms. The molecule has 2 aromatic rings. The van der Waals surface area contributed by atoms with Gasteiger partial charge in [-0.3, -0.25) is 0 Å². The molecule has 0 saturated heterocycles. The van der Waals surface area contributed by atoms with E-state index in [0.29, 0.717) is 0 Å². The van der Waals surface area contributed by atoms with Gasteiger partial charge in [-0.05, 0) is 55.9 Å². The summed E-state index contributed by atoms with van der Waals surface area (Å²) in [5.74, 6) is 0. The minimum Gasteiger partial charge on any atom is -0.367 e. The average Bonchev–Trinajstić information content (AvgIpc) is 3.38. The summed E-state index contributed by atoms with van der Waals surface area (Å²) in [4.78, 5) is 7.08. The third kappa shape index (κ3) is 2.68. The molecular weight excluding hydrogens is 290 g/mol. The first-order valence-electron chi connectivity index (χ1n) is 8.06. The van der Waals surface area contributed by atoms with Crippen LogP contribution in [0.3, 0.4) is 0 Å². The number of aromatic nitrogens is 1. The highest BCUT2D eigenvalue weighted by molar-refractivity contribution is 8.00. The average molecular weight is 311 g/mol. The van der Waals surface area contributed by atoms with Gasteiger partial charge in [0.05, 0.1) is 11.4 Å². The fraction of sp³-hybridized carbons (Fsp3) is 0.389. The summed E-state index contributed by atoms with van der Waals surface area (Å²) in [6, 6.07) is 11.5. The van der Waals surface area contributed by atoms with Gasteiger partial charge < -0.3 is 9.62 Å². The van der Waals surface area contributed by atoms with Crippen molar-refractivity contribution in [1.29, 1.82) is 0 Å². The smallest absolute Gasteiger partial charge is 0.119 e. The second-order valence-electron chi connectivity index (χ2n) is 6.17. The van der Waals surface area contributed by atoms with Crippen molar-refractivity contribution < 1.29 is 0 Å². The number of hydrogen-bond donors (Lipinski definition) is 1. The maximum absolute atomic E-state index is 4.46. The van der Waals surface area contributed by atoms with Crippen LogP contribution in [0.5, 0.6) is 0 Å². The number of benzene rings is 1. The molecular formula is C18H21N3S. The largest absolute Gasteiger partial charge is 0.367 e. The first kappa shape index (κ1) is 13.9. The number of nitrogens with zero attached hydrogens (tertiary/aromatic N) is 2. The molecule has 2 heterocycles. The molecule has 0 atom stereocenters. The Hall–Kier alpha value is -1.68. The molecule has 22 heavy (non-hydrogen) atoms. The van der Waals surface area contributed by atoms with Crippen LogP contribution in [0.15, 0.2) is 41.6 Å². The molecule has 0 radical (unpaired) electrons. The lowest BCUT2D eigenvalue weighted by molar-refractivity contribution is 0.689. The molecule has 2 aliphatic rings. The van der Waals surface area contributed by atoms with E-state index < -0.39 is 0 Å². The molecule has 1 aliphatic carbocycles. The van der Waals surface area contributed by atoms with Crippen LogP contribution >= 0.6 is 11.9 Å². The van der Waals surface area contributed by atoms with Gasteiger partial charge in [0, 0.05) is 30.7 Å². The van der Waals surface area contributed by atoms with E-state index in [-0.39, 0.29) is 0 Å². The minimum absolute atomic E-state index is 0.767. The van der Waals surface area contributed by atoms with Gasteiger partial charge in [0.2, 0.25) is 0 Å². The molecule has 0 amide bonds. The maximum Gasteiger partial charge on any atom is 0.119 e. The first-order valence-corrected chi connectivity index (χ1v) is 8.87. The molecule has 1 aliphatic heterocycles. The van der Waals surface area contributed by atoms with E-state index in [1.165, 1.54) is 54.7 Å². The van der Waals surface area contributed by atoms with Crippen LogP contribution in [0, 0.1) is 6.92 Å². The number of rotatable bonds is 4. The summed E-state index contributed by atoms with van der Waals surface area (Å²) < 4.78 is 3.56. The lowest BCUT2D eigenvalue weighted by atomic mass is 10.0. The van der Waals surface area contributed by atoms with Crippen molar-refractivity contribution in [1.82, 2.24) is 4.98 Å². The Bertz CT molecular complexity index is 682. The molecule has 0 unspecified atom stereocenters. The number of fused-ring (bicyclic) bond motifs is 1. The van der Waals surface area contributed by atoms with E-state index in [0.717, 1.165) is 11.1 Å². The predicted molar refractivity (Wildman–Crippen MR) is 93.6 cm³/mol. The van der Waals surface area contributed by atoms with Crippen LogP contribution in [0.25, 0.3) is 0 Å². The standard InChI is InChI=1S/C18H21N3S/c1-13-5-3-11-19-18(13)22-20-16-8-2-6-14-7-4-12-21(17(14)16)15-9-10-15/h2-3,5-6,8,11,15,20H,4,7,9-10,12H2,1H3. The minimum atomic E-state index is 0.767. The summed E-state index contributed by atoms with van der Waals surface area (Å²) in [6.07, 6.45) is 7.02. The third-order valence-corrected chi connectivity index (χ3v) is 5.40. The quantitative estimate of drug-likeness (QED) is 0.846. The number of pyridine rings is 1. The van der Waals surface area contributed by atoms with Crippen molar-refractivity contribution in [3.63, 3.8) is 0 Å². The van der Waals surface area contributed by atoms with E-state index in [4.69, 9.17) is 0 Å². The van der Waals surface area contributed by atoms with Crippen molar-refractivity contribution in [3.05, 3.63) is 47.7 Å². The Balaban J connectivity index is 1.61. The van der Waals surface area contributed by atoms with E-state index in [9.17, 15) is 0 Å². The van der Waals surface area contributed by atoms with E-state index >= 15 is 0 Å². The van der Waals surface area contributed by atoms with E-state index in [2.05, 4.69) is 45.8 Å². The normalized spacial score (nSPS) is 17.2. The van der Waals surface area contributed by atoms with Gasteiger partial charge in [0.15, 0.2) is 0 Å². The van der Waals surface area contributed by atoms with Crippen molar-refractivity contribution in [2.75, 3.05) is 16.2 Å². The highest BCUT2D eigenvalue weighted by atomic mass is 32.2. The molecule has 0 spiro atoms. The lowest BCUT2D eigenvalue weighted by Crippen LogP contribution is -2.31. The molecule has 1 saturated carbocycles. The van der Waals surface area contributed by atoms with Gasteiger partial charge in [-0.2, -0.15) is 0 Å². The van der Waals surface area contributed by atoms with Crippen LogP contribution in [-0.2, 0) is 6.42 Å². The number of aryl methyl sites for hydroxylation is 2. The van der Waals surface area contributed by atoms with Crippen LogP contribution in [0.4, 0.5) is 11.4 Å². The summed E-state index contributed by atoms with van der Waals surface area (Å²) in [5, 5.41) is 1.05. The summed E-state index contributed by atoms with van der Waals surface area (Å²) in [7, 11) is 0. The number of anilines is 2. The Kier molecular flexibility index (Phi) is 3.70. The molecule has 1 fully saturated rings. The Labute approximate surface area is 136 Å². The fourth-order valence-corrected chi connectivity index (χ4v) is 3.91. The van der Waals surface area contributed by atoms with Crippen LogP contribution < -0.4 is 9.62 Å². The SMILES string of the molecule is Cc1cccnc1SNc1cccc2c1N(C1CC1)CCC2. The Morgan fingerprint density at radius 2 is 2.14 bits per heavy atom. The molecule has 1 N–H and O–H groups in total. The van der Waals surface area contributed by atoms with Crippen molar-refractivity contribution >= 4 is 23.3 Å². The number of hydrogen-bond acceptors (Lipinski definition) is 4. The second kappa shape index (κ2) is 5.84. The maximum atomic E-state index is 4.46. The molecule has 1 aromatic carbocycles. The van der Waals surface area contributed by atoms with Crippen LogP contribution in [0.2, 0.25) is 0 Å². The highest BCUT2D eigenvalue weighted by Crippen LogP contribution is 2.42. The Morgan fingerprint density at radius 1 is 1.23 bits per heavy atom. The van der Waals surface area contributed by atoms with Gasteiger partial charge in [0.25, 0.3) is 0 Å². The Morgan fingerprint density at radius 3 is 2.95 bits per heavy atom. The monoisotopic (exact) mass is 311 g/mol. The van der Waals surface area contributed by atoms with Gasteiger partial charge in [-0.1, -0.05) is 18.2 Å². The zero-order valence-corrected chi connectivity index (χ0v) is 13.7. The molecule has 3 nitrogen and oxygen atoms in total. The summed E-state index contributed by atoms with van der Waals surface area (Å²) >= 11 is 1.62. The number of nitrogens with one attached hydrogen (secondary N) is 1. The zero-order valence-electron chi connectivity index (χ0n) is 12.9. The van der Waals surface area contributed by atoms with Gasteiger partial charge >= 0.3 is 0 Å². The second-order valence-corrected chi connectivity index (χ2v) is 6.97. The van der Waals surface area contributed by atoms with Gasteiger partial charge in [-0.15, -0.1) is 0 Å². The highest BCUT2D eigenvalue weighted by Gasteiger charge is 2.33. The van der Waals surface area contributed by atoms with Crippen molar-refractivity contribution in [2.45, 2.75) is 43.7 Å². The summed E-state index contributed by atoms with van der Waals surface area (Å²) in [6.45, 7) is 3.30. The summed E-state index contributed by atoms with van der Waals surface area (Å²) in [5.41, 5.74) is 5.36. The van der Waals surface area contributed by atoms with Crippen molar-refractivity contribution in [2.24, 2.45) is 0 Å². The molecule has 114 valence electrons. The third-order valence-electron chi connectivity index (χ3n) is 4.46. The molecule has 1 aromatic heterocycles. The number of para-hydroxylation sites is 1. The van der Waals surface area contributed by atoms with Crippen molar-refractivity contribution in [3.8, 4) is 0 Å². The van der Waals surface area contributed by atoms with E-state index in [1.54, 1.807) is 11.9 Å². The van der Waals surface area contributed by atoms with E-state index in [1.807, 2.05) is 12.3 Å².